The predicted octanol–water partition coefficient (Wildman–Crippen LogP) is 5.14. The topological polar surface area (TPSA) is 52.0 Å². The molecular formula is C18H40N2. The van der Waals surface area contributed by atoms with Crippen molar-refractivity contribution in [1.29, 1.82) is 0 Å². The van der Waals surface area contributed by atoms with E-state index in [1.54, 1.807) is 0 Å². The number of unbranched alkanes of at least 4 members (excludes halogenated alkanes) is 8. The van der Waals surface area contributed by atoms with E-state index in [1.807, 2.05) is 0 Å². The minimum absolute atomic E-state index is 0.107. The van der Waals surface area contributed by atoms with Crippen LogP contribution in [0.4, 0.5) is 0 Å². The van der Waals surface area contributed by atoms with Gasteiger partial charge in [-0.2, -0.15) is 0 Å². The van der Waals surface area contributed by atoms with Gasteiger partial charge in [-0.1, -0.05) is 78.1 Å². The van der Waals surface area contributed by atoms with Crippen LogP contribution in [0.5, 0.6) is 0 Å². The summed E-state index contributed by atoms with van der Waals surface area (Å²) >= 11 is 0. The molecule has 0 rings (SSSR count). The minimum atomic E-state index is 0.107. The van der Waals surface area contributed by atoms with Crippen molar-refractivity contribution in [2.75, 3.05) is 6.54 Å². The minimum Gasteiger partial charge on any atom is -0.330 e. The summed E-state index contributed by atoms with van der Waals surface area (Å²) in [5, 5.41) is 0. The molecule has 0 heterocycles. The molecule has 0 aromatic heterocycles. The van der Waals surface area contributed by atoms with Crippen molar-refractivity contribution in [2.24, 2.45) is 11.5 Å². The molecule has 0 fully saturated rings. The third-order valence-electron chi connectivity index (χ3n) is 4.44. The fourth-order valence-corrected chi connectivity index (χ4v) is 2.98. The van der Waals surface area contributed by atoms with E-state index in [9.17, 15) is 0 Å². The largest absolute Gasteiger partial charge is 0.330 e. The third kappa shape index (κ3) is 11.7. The van der Waals surface area contributed by atoms with E-state index >= 15 is 0 Å². The van der Waals surface area contributed by atoms with E-state index in [2.05, 4.69) is 13.8 Å². The molecule has 4 N–H and O–H groups in total. The fraction of sp³-hybridized carbons (Fsp3) is 1.00. The molecule has 0 aliphatic carbocycles. The normalized spacial score (nSPS) is 12.0. The van der Waals surface area contributed by atoms with Crippen LogP contribution in [0.1, 0.15) is 104 Å². The van der Waals surface area contributed by atoms with Gasteiger partial charge in [0, 0.05) is 5.54 Å². The first-order valence-corrected chi connectivity index (χ1v) is 9.17. The highest BCUT2D eigenvalue weighted by molar-refractivity contribution is 4.84. The smallest absolute Gasteiger partial charge is 0.0154 e. The molecule has 0 amide bonds. The quantitative estimate of drug-likeness (QED) is 0.409. The molecule has 122 valence electrons. The molecule has 20 heavy (non-hydrogen) atoms. The molecule has 0 saturated heterocycles. The number of hydrogen-bond acceptors (Lipinski definition) is 2. The maximum absolute atomic E-state index is 6.71. The summed E-state index contributed by atoms with van der Waals surface area (Å²) in [5.74, 6) is 0. The van der Waals surface area contributed by atoms with Crippen LogP contribution in [0.15, 0.2) is 0 Å². The summed E-state index contributed by atoms with van der Waals surface area (Å²) in [6.45, 7) is 5.37. The molecule has 0 aromatic carbocycles. The fourth-order valence-electron chi connectivity index (χ4n) is 2.98. The Morgan fingerprint density at radius 2 is 1.00 bits per heavy atom. The number of nitrogens with two attached hydrogens (primary N) is 2. The van der Waals surface area contributed by atoms with Crippen LogP contribution in [0.2, 0.25) is 0 Å². The van der Waals surface area contributed by atoms with Gasteiger partial charge >= 0.3 is 0 Å². The summed E-state index contributed by atoms with van der Waals surface area (Å²) in [7, 11) is 0. The van der Waals surface area contributed by atoms with Crippen molar-refractivity contribution in [3.05, 3.63) is 0 Å². The predicted molar refractivity (Wildman–Crippen MR) is 92.0 cm³/mol. The summed E-state index contributed by atoms with van der Waals surface area (Å²) in [6, 6.07) is 0. The summed E-state index contributed by atoms with van der Waals surface area (Å²) in [5.41, 5.74) is 12.4. The standard InChI is InChI=1S/C18H40N2/c1-3-5-7-10-14-18(20,15-11-8-6-4-2)16-12-9-13-17-19/h3-17,19-20H2,1-2H3. The van der Waals surface area contributed by atoms with E-state index < -0.39 is 0 Å². The molecule has 0 saturated carbocycles. The lowest BCUT2D eigenvalue weighted by molar-refractivity contribution is 0.304. The molecule has 0 aliphatic rings. The highest BCUT2D eigenvalue weighted by Gasteiger charge is 2.23. The molecule has 0 radical (unpaired) electrons. The first-order chi connectivity index (χ1) is 9.68. The zero-order chi connectivity index (χ0) is 15.1. The van der Waals surface area contributed by atoms with Crippen LogP contribution in [0.25, 0.3) is 0 Å². The first kappa shape index (κ1) is 19.9. The first-order valence-electron chi connectivity index (χ1n) is 9.17. The van der Waals surface area contributed by atoms with Crippen LogP contribution in [-0.2, 0) is 0 Å². The van der Waals surface area contributed by atoms with Gasteiger partial charge in [-0.3, -0.25) is 0 Å². The molecule has 0 aliphatic heterocycles. The van der Waals surface area contributed by atoms with Crippen LogP contribution >= 0.6 is 0 Å². The van der Waals surface area contributed by atoms with Crippen molar-refractivity contribution < 1.29 is 0 Å². The SMILES string of the molecule is CCCCCCC(N)(CCCCCC)CCCCCN. The van der Waals surface area contributed by atoms with Crippen molar-refractivity contribution in [3.63, 3.8) is 0 Å². The zero-order valence-corrected chi connectivity index (χ0v) is 14.3. The van der Waals surface area contributed by atoms with Gasteiger partial charge in [-0.05, 0) is 32.2 Å². The van der Waals surface area contributed by atoms with Crippen LogP contribution in [0, 0.1) is 0 Å². The van der Waals surface area contributed by atoms with E-state index in [-0.39, 0.29) is 5.54 Å². The lowest BCUT2D eigenvalue weighted by Crippen LogP contribution is -2.39. The lowest BCUT2D eigenvalue weighted by Gasteiger charge is -2.30. The van der Waals surface area contributed by atoms with Crippen LogP contribution in [0.3, 0.4) is 0 Å². The van der Waals surface area contributed by atoms with E-state index in [1.165, 1.54) is 83.5 Å². The van der Waals surface area contributed by atoms with E-state index in [4.69, 9.17) is 11.5 Å². The van der Waals surface area contributed by atoms with Gasteiger partial charge in [0.15, 0.2) is 0 Å². The molecular weight excluding hydrogens is 244 g/mol. The van der Waals surface area contributed by atoms with Gasteiger partial charge in [0.25, 0.3) is 0 Å². The van der Waals surface area contributed by atoms with E-state index in [0.29, 0.717) is 0 Å². The van der Waals surface area contributed by atoms with Crippen molar-refractivity contribution >= 4 is 0 Å². The molecule has 0 unspecified atom stereocenters. The highest BCUT2D eigenvalue weighted by atomic mass is 14.7. The maximum Gasteiger partial charge on any atom is 0.0154 e. The third-order valence-corrected chi connectivity index (χ3v) is 4.44. The summed E-state index contributed by atoms with van der Waals surface area (Å²) in [4.78, 5) is 0. The van der Waals surface area contributed by atoms with Gasteiger partial charge in [0.1, 0.15) is 0 Å². The summed E-state index contributed by atoms with van der Waals surface area (Å²) in [6.07, 6.45) is 18.0. The van der Waals surface area contributed by atoms with Gasteiger partial charge in [0.05, 0.1) is 0 Å². The second-order valence-electron chi connectivity index (χ2n) is 6.58. The second kappa shape index (κ2) is 13.9. The van der Waals surface area contributed by atoms with Crippen molar-refractivity contribution in [1.82, 2.24) is 0 Å². The molecule has 0 atom stereocenters. The van der Waals surface area contributed by atoms with Gasteiger partial charge < -0.3 is 11.5 Å². The Balaban J connectivity index is 3.98. The van der Waals surface area contributed by atoms with E-state index in [0.717, 1.165) is 13.0 Å². The second-order valence-corrected chi connectivity index (χ2v) is 6.58. The number of rotatable bonds is 15. The lowest BCUT2D eigenvalue weighted by atomic mass is 9.83. The molecule has 2 nitrogen and oxygen atoms in total. The van der Waals surface area contributed by atoms with Gasteiger partial charge in [-0.15, -0.1) is 0 Å². The maximum atomic E-state index is 6.71. The molecule has 2 heteroatoms. The highest BCUT2D eigenvalue weighted by Crippen LogP contribution is 2.26. The average molecular weight is 285 g/mol. The van der Waals surface area contributed by atoms with Gasteiger partial charge in [-0.25, -0.2) is 0 Å². The Bertz CT molecular complexity index is 161. The Morgan fingerprint density at radius 3 is 1.35 bits per heavy atom. The Morgan fingerprint density at radius 1 is 0.600 bits per heavy atom. The van der Waals surface area contributed by atoms with Gasteiger partial charge in [0.2, 0.25) is 0 Å². The Kier molecular flexibility index (Phi) is 13.8. The number of hydrogen-bond donors (Lipinski definition) is 2. The van der Waals surface area contributed by atoms with Crippen molar-refractivity contribution in [3.8, 4) is 0 Å². The van der Waals surface area contributed by atoms with Crippen LogP contribution < -0.4 is 11.5 Å². The summed E-state index contributed by atoms with van der Waals surface area (Å²) < 4.78 is 0. The zero-order valence-electron chi connectivity index (χ0n) is 14.3. The van der Waals surface area contributed by atoms with Crippen LogP contribution in [-0.4, -0.2) is 12.1 Å². The molecule has 0 aromatic rings. The molecule has 0 bridgehead atoms. The van der Waals surface area contributed by atoms with Crippen molar-refractivity contribution in [2.45, 2.75) is 109 Å². The Hall–Kier alpha value is -0.0800. The average Bonchev–Trinajstić information content (AvgIpc) is 2.45. The molecule has 0 spiro atoms. The Labute approximate surface area is 128 Å². The monoisotopic (exact) mass is 284 g/mol.